The molecule has 1 aliphatic heterocycles. The fraction of sp³-hybridized carbons (Fsp3) is 0.611. The third-order valence-corrected chi connectivity index (χ3v) is 6.06. The van der Waals surface area contributed by atoms with Crippen LogP contribution in [0.1, 0.15) is 64.7 Å². The molecule has 0 saturated heterocycles. The summed E-state index contributed by atoms with van der Waals surface area (Å²) in [4.78, 5) is 6.13. The molecule has 0 N–H and O–H groups in total. The van der Waals surface area contributed by atoms with Crippen LogP contribution >= 0.6 is 11.8 Å². The zero-order valence-corrected chi connectivity index (χ0v) is 13.4. The van der Waals surface area contributed by atoms with E-state index in [4.69, 9.17) is 0 Å². The molecule has 0 atom stereocenters. The van der Waals surface area contributed by atoms with E-state index in [2.05, 4.69) is 18.5 Å². The average Bonchev–Trinajstić information content (AvgIpc) is 3.00. The van der Waals surface area contributed by atoms with E-state index in [-0.39, 0.29) is 0 Å². The molecule has 0 aromatic carbocycles. The molecular weight excluding hydrogens is 262 g/mol. The van der Waals surface area contributed by atoms with Crippen molar-refractivity contribution in [3.63, 3.8) is 0 Å². The first kappa shape index (κ1) is 14.2. The van der Waals surface area contributed by atoms with Crippen LogP contribution in [-0.4, -0.2) is 5.04 Å². The monoisotopic (exact) mass is 287 g/mol. The maximum atomic E-state index is 4.55. The van der Waals surface area contributed by atoms with Crippen molar-refractivity contribution in [3.05, 3.63) is 34.4 Å². The van der Waals surface area contributed by atoms with Crippen LogP contribution in [0, 0.1) is 5.92 Å². The number of allylic oxidation sites excluding steroid dienone is 3. The van der Waals surface area contributed by atoms with Gasteiger partial charge in [-0.05, 0) is 49.0 Å². The molecule has 20 heavy (non-hydrogen) atoms. The Bertz CT molecular complexity index is 490. The van der Waals surface area contributed by atoms with Crippen LogP contribution in [0.4, 0.5) is 0 Å². The Hall–Kier alpha value is -0.760. The van der Waals surface area contributed by atoms with Gasteiger partial charge in [0.25, 0.3) is 0 Å². The average molecular weight is 287 g/mol. The van der Waals surface area contributed by atoms with Crippen molar-refractivity contribution in [3.8, 4) is 0 Å². The smallest absolute Gasteiger partial charge is 0.108 e. The van der Waals surface area contributed by atoms with E-state index in [9.17, 15) is 0 Å². The van der Waals surface area contributed by atoms with Gasteiger partial charge in [-0.1, -0.05) is 56.0 Å². The van der Waals surface area contributed by atoms with Gasteiger partial charge < -0.3 is 0 Å². The van der Waals surface area contributed by atoms with Crippen LogP contribution in [0.15, 0.2) is 39.4 Å². The van der Waals surface area contributed by atoms with E-state index in [1.165, 1.54) is 68.4 Å². The molecule has 0 amide bonds. The van der Waals surface area contributed by atoms with E-state index < -0.39 is 0 Å². The molecule has 1 heterocycles. The van der Waals surface area contributed by atoms with Crippen molar-refractivity contribution in [2.45, 2.75) is 64.7 Å². The minimum absolute atomic E-state index is 0.914. The Kier molecular flexibility index (Phi) is 4.50. The summed E-state index contributed by atoms with van der Waals surface area (Å²) in [7, 11) is 0. The molecular formula is C18H25NS. The lowest BCUT2D eigenvalue weighted by Crippen LogP contribution is -2.09. The molecule has 108 valence electrons. The summed E-state index contributed by atoms with van der Waals surface area (Å²) in [5, 5.41) is 1.22. The summed E-state index contributed by atoms with van der Waals surface area (Å²) >= 11 is 1.90. The van der Waals surface area contributed by atoms with Crippen LogP contribution in [0.3, 0.4) is 0 Å². The number of rotatable bonds is 3. The fourth-order valence-electron chi connectivity index (χ4n) is 3.93. The summed E-state index contributed by atoms with van der Waals surface area (Å²) in [6, 6.07) is 0. The highest BCUT2D eigenvalue weighted by molar-refractivity contribution is 8.18. The van der Waals surface area contributed by atoms with Crippen molar-refractivity contribution in [2.75, 3.05) is 0 Å². The maximum absolute atomic E-state index is 4.55. The third-order valence-electron chi connectivity index (χ3n) is 4.86. The van der Waals surface area contributed by atoms with E-state index in [0.717, 1.165) is 5.92 Å². The second-order valence-corrected chi connectivity index (χ2v) is 7.42. The highest BCUT2D eigenvalue weighted by atomic mass is 32.2. The molecule has 3 aliphatic rings. The van der Waals surface area contributed by atoms with Crippen LogP contribution in [0.5, 0.6) is 0 Å². The first-order valence-electron chi connectivity index (χ1n) is 8.08. The largest absolute Gasteiger partial charge is 0.250 e. The lowest BCUT2D eigenvalue weighted by molar-refractivity contribution is 0.356. The van der Waals surface area contributed by atoms with Crippen molar-refractivity contribution >= 4 is 16.8 Å². The lowest BCUT2D eigenvalue weighted by atomic mass is 9.83. The van der Waals surface area contributed by atoms with Gasteiger partial charge in [0.2, 0.25) is 0 Å². The van der Waals surface area contributed by atoms with E-state index in [1.54, 1.807) is 22.3 Å². The van der Waals surface area contributed by atoms with Gasteiger partial charge in [0, 0.05) is 11.8 Å². The van der Waals surface area contributed by atoms with Gasteiger partial charge in [-0.15, -0.1) is 0 Å². The van der Waals surface area contributed by atoms with Gasteiger partial charge in [0.05, 0.1) is 0 Å². The van der Waals surface area contributed by atoms with Crippen LogP contribution in [0.2, 0.25) is 0 Å². The van der Waals surface area contributed by atoms with Crippen molar-refractivity contribution in [1.29, 1.82) is 0 Å². The molecule has 0 spiro atoms. The summed E-state index contributed by atoms with van der Waals surface area (Å²) < 4.78 is 0. The Morgan fingerprint density at radius 1 is 1.25 bits per heavy atom. The summed E-state index contributed by atoms with van der Waals surface area (Å²) in [5.74, 6) is 0.914. The van der Waals surface area contributed by atoms with E-state index in [1.807, 2.05) is 11.8 Å². The van der Waals surface area contributed by atoms with Crippen LogP contribution in [0.25, 0.3) is 0 Å². The summed E-state index contributed by atoms with van der Waals surface area (Å²) in [6.45, 7) is 6.13. The van der Waals surface area contributed by atoms with Crippen LogP contribution in [-0.2, 0) is 0 Å². The van der Waals surface area contributed by atoms with Gasteiger partial charge in [-0.2, -0.15) is 0 Å². The molecule has 0 aromatic rings. The van der Waals surface area contributed by atoms with Crippen molar-refractivity contribution in [1.82, 2.24) is 0 Å². The number of thioether (sulfide) groups is 1. The first-order chi connectivity index (χ1) is 9.79. The Morgan fingerprint density at radius 2 is 2.05 bits per heavy atom. The van der Waals surface area contributed by atoms with Crippen molar-refractivity contribution in [2.24, 2.45) is 10.9 Å². The molecule has 1 fully saturated rings. The zero-order valence-electron chi connectivity index (χ0n) is 12.6. The van der Waals surface area contributed by atoms with Crippen LogP contribution < -0.4 is 0 Å². The number of hydrogen-bond donors (Lipinski definition) is 0. The molecule has 2 aliphatic carbocycles. The predicted octanol–water partition coefficient (Wildman–Crippen LogP) is 6.00. The molecule has 0 aromatic heterocycles. The minimum atomic E-state index is 0.914. The highest BCUT2D eigenvalue weighted by Crippen LogP contribution is 2.49. The second-order valence-electron chi connectivity index (χ2n) is 6.34. The molecule has 1 saturated carbocycles. The summed E-state index contributed by atoms with van der Waals surface area (Å²) in [5.41, 5.74) is 4.69. The number of aliphatic imine (C=N–C) groups is 1. The molecule has 1 nitrogen and oxygen atoms in total. The van der Waals surface area contributed by atoms with Gasteiger partial charge in [-0.25, -0.2) is 4.99 Å². The normalized spacial score (nSPS) is 28.1. The zero-order chi connectivity index (χ0) is 13.9. The predicted molar refractivity (Wildman–Crippen MR) is 90.0 cm³/mol. The fourth-order valence-corrected chi connectivity index (χ4v) is 5.26. The standard InChI is InChI=1S/C18H25NS/c1-3-19-18-17(15-10-7-11-16(15)20-18)13(2)12-14-8-5-4-6-9-14/h3,14H,1,4-12H2,2H3/b17-13+,19-18?. The Morgan fingerprint density at radius 3 is 2.80 bits per heavy atom. The Balaban J connectivity index is 1.84. The lowest BCUT2D eigenvalue weighted by Gasteiger charge is -2.23. The second kappa shape index (κ2) is 6.34. The van der Waals surface area contributed by atoms with Gasteiger partial charge >= 0.3 is 0 Å². The first-order valence-corrected chi connectivity index (χ1v) is 8.90. The minimum Gasteiger partial charge on any atom is -0.250 e. The van der Waals surface area contributed by atoms with Gasteiger partial charge in [0.15, 0.2) is 0 Å². The Labute approximate surface area is 127 Å². The van der Waals surface area contributed by atoms with Gasteiger partial charge in [-0.3, -0.25) is 0 Å². The third kappa shape index (κ3) is 2.81. The number of nitrogens with zero attached hydrogens (tertiary/aromatic N) is 1. The number of hydrogen-bond acceptors (Lipinski definition) is 2. The molecule has 2 heteroatoms. The van der Waals surface area contributed by atoms with E-state index in [0.29, 0.717) is 0 Å². The summed E-state index contributed by atoms with van der Waals surface area (Å²) in [6.07, 6.45) is 14.0. The SMILES string of the molecule is C=CN=C1SC2=C(CCC2)/C1=C(/C)CC1CCCCC1. The van der Waals surface area contributed by atoms with Gasteiger partial charge in [0.1, 0.15) is 5.04 Å². The highest BCUT2D eigenvalue weighted by Gasteiger charge is 2.31. The quantitative estimate of drug-likeness (QED) is 0.620. The maximum Gasteiger partial charge on any atom is 0.108 e. The molecule has 0 unspecified atom stereocenters. The van der Waals surface area contributed by atoms with E-state index >= 15 is 0 Å². The molecule has 0 radical (unpaired) electrons. The molecule has 0 bridgehead atoms. The topological polar surface area (TPSA) is 12.4 Å². The van der Waals surface area contributed by atoms with Crippen molar-refractivity contribution < 1.29 is 0 Å². The molecule has 3 rings (SSSR count).